The third-order valence-corrected chi connectivity index (χ3v) is 22.5. The number of hydrogen-bond donors (Lipinski definition) is 0. The molecule has 0 N–H and O–H groups in total. The van der Waals surface area contributed by atoms with Gasteiger partial charge in [-0.2, -0.15) is 0 Å². The van der Waals surface area contributed by atoms with E-state index in [2.05, 4.69) is 68.1 Å². The minimum atomic E-state index is -2.08. The summed E-state index contributed by atoms with van der Waals surface area (Å²) in [4.78, 5) is 7.47. The third kappa shape index (κ3) is 4.11. The second kappa shape index (κ2) is 5.18. The molecule has 1 aliphatic rings. The first kappa shape index (κ1) is 17.8. The van der Waals surface area contributed by atoms with E-state index in [9.17, 15) is 0 Å². The summed E-state index contributed by atoms with van der Waals surface area (Å²) in [7, 11) is -1.45. The van der Waals surface area contributed by atoms with Crippen LogP contribution in [0.5, 0.6) is 0 Å². The molecule has 1 saturated heterocycles. The first-order valence-corrected chi connectivity index (χ1v) is 20.7. The molecule has 1 rings (SSSR count). The average Bonchev–Trinajstić information content (AvgIpc) is 2.27. The van der Waals surface area contributed by atoms with Crippen molar-refractivity contribution in [2.45, 2.75) is 73.4 Å². The molecule has 0 radical (unpaired) electrons. The summed E-state index contributed by atoms with van der Waals surface area (Å²) in [6, 6.07) is 0. The Morgan fingerprint density at radius 3 is 1.58 bits per heavy atom. The molecule has 19 heavy (non-hydrogen) atoms. The van der Waals surface area contributed by atoms with Crippen LogP contribution in [0.4, 0.5) is 0 Å². The first-order chi connectivity index (χ1) is 8.17. The van der Waals surface area contributed by atoms with Crippen molar-refractivity contribution in [2.75, 3.05) is 0 Å². The molecule has 0 atom stereocenters. The predicted octanol–water partition coefficient (Wildman–Crippen LogP) is 4.30. The van der Waals surface area contributed by atoms with Crippen LogP contribution in [0.3, 0.4) is 0 Å². The Hall–Kier alpha value is 0.741. The van der Waals surface area contributed by atoms with Crippen molar-refractivity contribution in [3.8, 4) is 0 Å². The van der Waals surface area contributed by atoms with Crippen molar-refractivity contribution in [3.05, 3.63) is 9.19 Å². The van der Waals surface area contributed by atoms with E-state index in [0.717, 1.165) is 0 Å². The molecule has 0 aromatic heterocycles. The molecule has 0 unspecified atom stereocenters. The molecular formula is C14H31BO2SiSn. The minimum absolute atomic E-state index is 0.164. The summed E-state index contributed by atoms with van der Waals surface area (Å²) in [6.45, 7) is 15.8. The second-order valence-electron chi connectivity index (χ2n) is 8.71. The van der Waals surface area contributed by atoms with E-state index in [-0.39, 0.29) is 18.3 Å². The van der Waals surface area contributed by atoms with Crippen molar-refractivity contribution in [2.24, 2.45) is 0 Å². The van der Waals surface area contributed by atoms with Crippen LogP contribution in [0.1, 0.15) is 27.7 Å². The van der Waals surface area contributed by atoms with Crippen molar-refractivity contribution < 1.29 is 9.31 Å². The fraction of sp³-hybridized carbons (Fsp3) is 0.857. The van der Waals surface area contributed by atoms with Crippen molar-refractivity contribution in [1.82, 2.24) is 0 Å². The molecule has 0 aromatic rings. The van der Waals surface area contributed by atoms with Crippen molar-refractivity contribution in [3.63, 3.8) is 0 Å². The fourth-order valence-electron chi connectivity index (χ4n) is 2.72. The molecule has 1 aliphatic heterocycles. The zero-order valence-corrected chi connectivity index (χ0v) is 18.3. The van der Waals surface area contributed by atoms with E-state index in [1.54, 1.807) is 3.21 Å². The van der Waals surface area contributed by atoms with Gasteiger partial charge in [0.2, 0.25) is 0 Å². The monoisotopic (exact) mass is 390 g/mol. The van der Waals surface area contributed by atoms with Gasteiger partial charge in [0.1, 0.15) is 0 Å². The van der Waals surface area contributed by atoms with Crippen LogP contribution in [0.2, 0.25) is 34.5 Å². The molecule has 1 fully saturated rings. The van der Waals surface area contributed by atoms with Crippen LogP contribution in [0.15, 0.2) is 9.19 Å². The zero-order valence-electron chi connectivity index (χ0n) is 14.5. The summed E-state index contributed by atoms with van der Waals surface area (Å²) < 4.78 is 14.0. The van der Waals surface area contributed by atoms with Crippen LogP contribution < -0.4 is 0 Å². The van der Waals surface area contributed by atoms with Gasteiger partial charge in [0.25, 0.3) is 0 Å². The number of hydrogen-bond acceptors (Lipinski definition) is 2. The summed E-state index contributed by atoms with van der Waals surface area (Å²) in [5.41, 5.74) is -0.460. The zero-order chi connectivity index (χ0) is 15.3. The van der Waals surface area contributed by atoms with Crippen LogP contribution in [0.25, 0.3) is 0 Å². The molecule has 0 amide bonds. The van der Waals surface area contributed by atoms with Crippen LogP contribution in [-0.4, -0.2) is 44.8 Å². The van der Waals surface area contributed by atoms with Crippen LogP contribution >= 0.6 is 0 Å². The van der Waals surface area contributed by atoms with E-state index < -0.39 is 26.5 Å². The Bertz CT molecular complexity index is 346. The van der Waals surface area contributed by atoms with Crippen LogP contribution in [0, 0.1) is 0 Å². The summed E-state index contributed by atoms with van der Waals surface area (Å²) >= 11 is -2.08. The first-order valence-electron chi connectivity index (χ1n) is 7.25. The van der Waals surface area contributed by atoms with Crippen molar-refractivity contribution >= 4 is 33.6 Å². The van der Waals surface area contributed by atoms with Gasteiger partial charge in [0.05, 0.1) is 0 Å². The van der Waals surface area contributed by atoms with Gasteiger partial charge in [-0.3, -0.25) is 0 Å². The van der Waals surface area contributed by atoms with Crippen molar-refractivity contribution in [1.29, 1.82) is 0 Å². The normalized spacial score (nSPS) is 23.9. The van der Waals surface area contributed by atoms with E-state index in [1.165, 1.54) is 0 Å². The Balaban J connectivity index is 3.08. The molecule has 0 spiro atoms. The Morgan fingerprint density at radius 2 is 1.32 bits per heavy atom. The quantitative estimate of drug-likeness (QED) is 0.671. The van der Waals surface area contributed by atoms with Gasteiger partial charge >= 0.3 is 125 Å². The van der Waals surface area contributed by atoms with Gasteiger partial charge in [0, 0.05) is 0 Å². The van der Waals surface area contributed by atoms with Gasteiger partial charge in [-0.1, -0.05) is 0 Å². The fourth-order valence-corrected chi connectivity index (χ4v) is 26.7. The Labute approximate surface area is 125 Å². The molecule has 110 valence electrons. The summed E-state index contributed by atoms with van der Waals surface area (Å²) in [6.07, 6.45) is 0. The van der Waals surface area contributed by atoms with Gasteiger partial charge in [-0.15, -0.1) is 0 Å². The Kier molecular flexibility index (Phi) is 4.85. The predicted molar refractivity (Wildman–Crippen MR) is 90.9 cm³/mol. The molecule has 0 aliphatic carbocycles. The van der Waals surface area contributed by atoms with Gasteiger partial charge in [-0.25, -0.2) is 0 Å². The van der Waals surface area contributed by atoms with E-state index in [0.29, 0.717) is 0 Å². The molecule has 1 heterocycles. The van der Waals surface area contributed by atoms with E-state index in [4.69, 9.17) is 9.31 Å². The molecular weight excluding hydrogens is 358 g/mol. The second-order valence-corrected chi connectivity index (χ2v) is 29.6. The number of rotatable bonds is 3. The standard InChI is InChI=1S/C11H22BO2Si.3CH3.Sn/c1-10(2)11(3,4)14-12(13-10)8-9-15(5,6)7;;;;/h8H,1-7H3;3*1H3;. The molecule has 0 aromatic carbocycles. The average molecular weight is 389 g/mol. The summed E-state index contributed by atoms with van der Waals surface area (Å²) in [5.74, 6) is 2.33. The van der Waals surface area contributed by atoms with Gasteiger partial charge in [-0.05, 0) is 0 Å². The topological polar surface area (TPSA) is 18.5 Å². The Morgan fingerprint density at radius 1 is 0.947 bits per heavy atom. The molecule has 2 nitrogen and oxygen atoms in total. The van der Waals surface area contributed by atoms with Gasteiger partial charge in [0.15, 0.2) is 0 Å². The molecule has 0 saturated carbocycles. The molecule has 0 bridgehead atoms. The van der Waals surface area contributed by atoms with E-state index in [1.807, 2.05) is 0 Å². The third-order valence-electron chi connectivity index (χ3n) is 4.19. The van der Waals surface area contributed by atoms with E-state index >= 15 is 0 Å². The van der Waals surface area contributed by atoms with Crippen LogP contribution in [-0.2, 0) is 9.31 Å². The SMILES string of the molecule is CC1(C)OB(/C=[C](/[Si](C)(C)C)[Sn]([CH3])([CH3])[CH3])OC1(C)C. The maximum absolute atomic E-state index is 6.14. The maximum atomic E-state index is 6.14. The van der Waals surface area contributed by atoms with Gasteiger partial charge < -0.3 is 0 Å². The summed E-state index contributed by atoms with van der Waals surface area (Å²) in [5, 5.41) is 0. The molecule has 5 heteroatoms.